The molecule has 0 aliphatic rings. The van der Waals surface area contributed by atoms with Crippen LogP contribution in [0, 0.1) is 11.3 Å². The summed E-state index contributed by atoms with van der Waals surface area (Å²) in [5, 5.41) is 13.9. The molecule has 1 rings (SSSR count). The lowest BCUT2D eigenvalue weighted by Crippen LogP contribution is -2.40. The second kappa shape index (κ2) is 7.62. The van der Waals surface area contributed by atoms with Crippen LogP contribution in [0.25, 0.3) is 0 Å². The standard InChI is InChI=1S/C12H11Cl2N3O2/c13-9-2-1-8(10(14)7-9)3-5-16-11(18)12(19)17-6-4-15/h1-2,7H,3,5-6H2,(H,16,18)(H,17,19). The van der Waals surface area contributed by atoms with Crippen LogP contribution in [0.15, 0.2) is 18.2 Å². The number of carbonyl (C=O) groups excluding carboxylic acids is 2. The molecule has 0 fully saturated rings. The van der Waals surface area contributed by atoms with Crippen molar-refractivity contribution in [2.24, 2.45) is 0 Å². The number of hydrogen-bond acceptors (Lipinski definition) is 3. The zero-order valence-corrected chi connectivity index (χ0v) is 11.4. The fourth-order valence-corrected chi connectivity index (χ4v) is 1.82. The first-order valence-electron chi connectivity index (χ1n) is 5.41. The van der Waals surface area contributed by atoms with Gasteiger partial charge in [0.05, 0.1) is 6.07 Å². The van der Waals surface area contributed by atoms with Crippen LogP contribution in [-0.4, -0.2) is 24.9 Å². The van der Waals surface area contributed by atoms with E-state index in [9.17, 15) is 9.59 Å². The third-order valence-corrected chi connectivity index (χ3v) is 2.82. The third kappa shape index (κ3) is 5.16. The molecular weight excluding hydrogens is 289 g/mol. The summed E-state index contributed by atoms with van der Waals surface area (Å²) in [4.78, 5) is 22.4. The summed E-state index contributed by atoms with van der Waals surface area (Å²) in [5.74, 6) is -1.61. The van der Waals surface area contributed by atoms with Crippen LogP contribution in [0.5, 0.6) is 0 Å². The zero-order chi connectivity index (χ0) is 14.3. The van der Waals surface area contributed by atoms with Gasteiger partial charge in [-0.15, -0.1) is 0 Å². The molecule has 0 aliphatic carbocycles. The molecule has 0 radical (unpaired) electrons. The third-order valence-electron chi connectivity index (χ3n) is 2.23. The summed E-state index contributed by atoms with van der Waals surface area (Å²) >= 11 is 11.7. The Morgan fingerprint density at radius 2 is 1.89 bits per heavy atom. The quantitative estimate of drug-likeness (QED) is 0.649. The number of rotatable bonds is 4. The molecule has 1 aromatic rings. The first kappa shape index (κ1) is 15.3. The lowest BCUT2D eigenvalue weighted by molar-refractivity contribution is -0.139. The highest BCUT2D eigenvalue weighted by atomic mass is 35.5. The first-order chi connectivity index (χ1) is 9.04. The average Bonchev–Trinajstić information content (AvgIpc) is 2.38. The molecule has 2 amide bonds. The predicted octanol–water partition coefficient (Wildman–Crippen LogP) is 1.29. The summed E-state index contributed by atoms with van der Waals surface area (Å²) in [6.07, 6.45) is 0.479. The minimum Gasteiger partial charge on any atom is -0.348 e. The Morgan fingerprint density at radius 3 is 2.53 bits per heavy atom. The SMILES string of the molecule is N#CCNC(=O)C(=O)NCCc1ccc(Cl)cc1Cl. The number of benzene rings is 1. The molecule has 1 aromatic carbocycles. The van der Waals surface area contributed by atoms with Gasteiger partial charge < -0.3 is 10.6 Å². The van der Waals surface area contributed by atoms with Gasteiger partial charge in [0, 0.05) is 16.6 Å². The average molecular weight is 300 g/mol. The molecule has 0 spiro atoms. The van der Waals surface area contributed by atoms with Crippen LogP contribution in [0.4, 0.5) is 0 Å². The second-order valence-corrected chi connectivity index (χ2v) is 4.43. The molecule has 0 heterocycles. The second-order valence-electron chi connectivity index (χ2n) is 3.58. The van der Waals surface area contributed by atoms with E-state index < -0.39 is 11.8 Å². The van der Waals surface area contributed by atoms with E-state index >= 15 is 0 Å². The lowest BCUT2D eigenvalue weighted by atomic mass is 10.1. The van der Waals surface area contributed by atoms with E-state index in [-0.39, 0.29) is 13.1 Å². The van der Waals surface area contributed by atoms with Gasteiger partial charge in [-0.3, -0.25) is 9.59 Å². The van der Waals surface area contributed by atoms with Gasteiger partial charge in [0.15, 0.2) is 0 Å². The monoisotopic (exact) mass is 299 g/mol. The Hall–Kier alpha value is -1.77. The Kier molecular flexibility index (Phi) is 6.13. The van der Waals surface area contributed by atoms with Gasteiger partial charge in [-0.1, -0.05) is 29.3 Å². The van der Waals surface area contributed by atoms with Crippen LogP contribution in [0.2, 0.25) is 10.0 Å². The van der Waals surface area contributed by atoms with Gasteiger partial charge in [-0.25, -0.2) is 0 Å². The number of nitrogens with zero attached hydrogens (tertiary/aromatic N) is 1. The number of amides is 2. The molecule has 0 saturated heterocycles. The van der Waals surface area contributed by atoms with E-state index in [0.29, 0.717) is 16.5 Å². The van der Waals surface area contributed by atoms with Gasteiger partial charge in [-0.05, 0) is 24.1 Å². The number of carbonyl (C=O) groups is 2. The number of hydrogen-bond donors (Lipinski definition) is 2. The Labute approximate surface area is 120 Å². The first-order valence-corrected chi connectivity index (χ1v) is 6.17. The summed E-state index contributed by atoms with van der Waals surface area (Å²) in [6.45, 7) is 0.0649. The maximum absolute atomic E-state index is 11.3. The van der Waals surface area contributed by atoms with E-state index in [1.807, 2.05) is 0 Å². The maximum Gasteiger partial charge on any atom is 0.310 e. The minimum atomic E-state index is -0.830. The van der Waals surface area contributed by atoms with Crippen molar-refractivity contribution in [1.29, 1.82) is 5.26 Å². The van der Waals surface area contributed by atoms with Gasteiger partial charge in [-0.2, -0.15) is 5.26 Å². The van der Waals surface area contributed by atoms with Crippen molar-refractivity contribution in [3.63, 3.8) is 0 Å². The van der Waals surface area contributed by atoms with Crippen molar-refractivity contribution in [1.82, 2.24) is 10.6 Å². The van der Waals surface area contributed by atoms with Crippen molar-refractivity contribution in [2.45, 2.75) is 6.42 Å². The molecule has 0 bridgehead atoms. The fourth-order valence-electron chi connectivity index (χ4n) is 1.32. The Morgan fingerprint density at radius 1 is 1.21 bits per heavy atom. The van der Waals surface area contributed by atoms with Crippen molar-refractivity contribution >= 4 is 35.0 Å². The van der Waals surface area contributed by atoms with E-state index in [2.05, 4.69) is 10.6 Å². The van der Waals surface area contributed by atoms with E-state index in [1.165, 1.54) is 0 Å². The van der Waals surface area contributed by atoms with Gasteiger partial charge in [0.25, 0.3) is 0 Å². The van der Waals surface area contributed by atoms with E-state index in [1.54, 1.807) is 24.3 Å². The summed E-state index contributed by atoms with van der Waals surface area (Å²) in [5.41, 5.74) is 0.823. The van der Waals surface area contributed by atoms with Crippen molar-refractivity contribution in [3.05, 3.63) is 33.8 Å². The van der Waals surface area contributed by atoms with Crippen molar-refractivity contribution < 1.29 is 9.59 Å². The molecule has 100 valence electrons. The fraction of sp³-hybridized carbons (Fsp3) is 0.250. The van der Waals surface area contributed by atoms with Gasteiger partial charge >= 0.3 is 11.8 Å². The Balaban J connectivity index is 2.40. The van der Waals surface area contributed by atoms with Crippen LogP contribution in [0.3, 0.4) is 0 Å². The predicted molar refractivity (Wildman–Crippen MR) is 71.8 cm³/mol. The molecular formula is C12H11Cl2N3O2. The minimum absolute atomic E-state index is 0.199. The highest BCUT2D eigenvalue weighted by molar-refractivity contribution is 6.35. The molecule has 2 N–H and O–H groups in total. The molecule has 0 aliphatic heterocycles. The maximum atomic E-state index is 11.3. The lowest BCUT2D eigenvalue weighted by Gasteiger charge is -2.06. The van der Waals surface area contributed by atoms with Gasteiger partial charge in [0.2, 0.25) is 0 Å². The van der Waals surface area contributed by atoms with Crippen LogP contribution < -0.4 is 10.6 Å². The smallest absolute Gasteiger partial charge is 0.310 e. The van der Waals surface area contributed by atoms with E-state index in [0.717, 1.165) is 5.56 Å². The normalized spacial score (nSPS) is 9.53. The zero-order valence-electron chi connectivity index (χ0n) is 9.87. The molecule has 5 nitrogen and oxygen atoms in total. The summed E-state index contributed by atoms with van der Waals surface area (Å²) in [7, 11) is 0. The van der Waals surface area contributed by atoms with Crippen LogP contribution in [0.1, 0.15) is 5.56 Å². The largest absolute Gasteiger partial charge is 0.348 e. The van der Waals surface area contributed by atoms with Gasteiger partial charge in [0.1, 0.15) is 6.54 Å². The highest BCUT2D eigenvalue weighted by Crippen LogP contribution is 2.20. The number of halogens is 2. The molecule has 0 saturated carbocycles. The van der Waals surface area contributed by atoms with Crippen molar-refractivity contribution in [2.75, 3.05) is 13.1 Å². The number of nitriles is 1. The highest BCUT2D eigenvalue weighted by Gasteiger charge is 2.11. The van der Waals surface area contributed by atoms with Crippen LogP contribution in [-0.2, 0) is 16.0 Å². The molecule has 19 heavy (non-hydrogen) atoms. The van der Waals surface area contributed by atoms with Crippen LogP contribution >= 0.6 is 23.2 Å². The topological polar surface area (TPSA) is 82.0 Å². The summed E-state index contributed by atoms with van der Waals surface area (Å²) < 4.78 is 0. The number of nitrogens with one attached hydrogen (secondary N) is 2. The Bertz CT molecular complexity index is 526. The van der Waals surface area contributed by atoms with Crippen molar-refractivity contribution in [3.8, 4) is 6.07 Å². The van der Waals surface area contributed by atoms with E-state index in [4.69, 9.17) is 28.5 Å². The summed E-state index contributed by atoms with van der Waals surface area (Å²) in [6, 6.07) is 6.77. The molecule has 7 heteroatoms. The molecule has 0 atom stereocenters. The molecule has 0 unspecified atom stereocenters. The molecule has 0 aromatic heterocycles.